The zero-order chi connectivity index (χ0) is 14.5. The van der Waals surface area contributed by atoms with Crippen molar-refractivity contribution in [2.24, 2.45) is 0 Å². The summed E-state index contributed by atoms with van der Waals surface area (Å²) in [6, 6.07) is 6.75. The van der Waals surface area contributed by atoms with Crippen molar-refractivity contribution in [3.05, 3.63) is 35.4 Å². The molecule has 20 heavy (non-hydrogen) atoms. The first-order valence-corrected chi connectivity index (χ1v) is 6.81. The minimum Gasteiger partial charge on any atom is -0.478 e. The fraction of sp³-hybridized carbons (Fsp3) is 0.467. The Kier molecular flexibility index (Phi) is 4.74. The van der Waals surface area contributed by atoms with E-state index in [4.69, 9.17) is 9.84 Å². The maximum atomic E-state index is 11.8. The van der Waals surface area contributed by atoms with E-state index in [0.29, 0.717) is 13.0 Å². The van der Waals surface area contributed by atoms with E-state index in [1.54, 1.807) is 18.2 Å². The van der Waals surface area contributed by atoms with Crippen LogP contribution in [0, 0.1) is 0 Å². The van der Waals surface area contributed by atoms with Crippen molar-refractivity contribution in [2.75, 3.05) is 6.54 Å². The quantitative estimate of drug-likeness (QED) is 0.857. The summed E-state index contributed by atoms with van der Waals surface area (Å²) in [5, 5.41) is 11.7. The number of carboxylic acids is 1. The monoisotopic (exact) mass is 277 g/mol. The Morgan fingerprint density at radius 1 is 1.40 bits per heavy atom. The van der Waals surface area contributed by atoms with Crippen LogP contribution in [0.15, 0.2) is 24.3 Å². The van der Waals surface area contributed by atoms with Gasteiger partial charge in [-0.1, -0.05) is 12.1 Å². The van der Waals surface area contributed by atoms with Gasteiger partial charge in [-0.25, -0.2) is 4.79 Å². The zero-order valence-electron chi connectivity index (χ0n) is 11.5. The standard InChI is InChI=1S/C15H19NO4/c1-10-5-6-13(20-10)14(17)16-8-7-11-3-2-4-12(9-11)15(18)19/h2-4,9-10,13H,5-8H2,1H3,(H,16,17)(H,18,19)/t10-,13-/m1/s1. The van der Waals surface area contributed by atoms with Crippen LogP contribution in [0.1, 0.15) is 35.7 Å². The molecule has 1 fully saturated rings. The fourth-order valence-electron chi connectivity index (χ4n) is 2.30. The minimum atomic E-state index is -0.941. The average Bonchev–Trinajstić information content (AvgIpc) is 2.86. The van der Waals surface area contributed by atoms with Gasteiger partial charge in [0.25, 0.3) is 0 Å². The molecule has 1 aliphatic heterocycles. The molecule has 2 N–H and O–H groups in total. The number of carbonyl (C=O) groups excluding carboxylic acids is 1. The summed E-state index contributed by atoms with van der Waals surface area (Å²) < 4.78 is 5.49. The summed E-state index contributed by atoms with van der Waals surface area (Å²) in [5.41, 5.74) is 1.16. The van der Waals surface area contributed by atoms with Crippen LogP contribution in [0.2, 0.25) is 0 Å². The molecule has 1 heterocycles. The van der Waals surface area contributed by atoms with Crippen LogP contribution < -0.4 is 5.32 Å². The van der Waals surface area contributed by atoms with Crippen molar-refractivity contribution in [1.29, 1.82) is 0 Å². The Hall–Kier alpha value is -1.88. The lowest BCUT2D eigenvalue weighted by molar-refractivity contribution is -0.131. The van der Waals surface area contributed by atoms with Crippen LogP contribution >= 0.6 is 0 Å². The minimum absolute atomic E-state index is 0.0799. The number of carboxylic acid groups (broad SMARTS) is 1. The van der Waals surface area contributed by atoms with E-state index in [-0.39, 0.29) is 23.7 Å². The van der Waals surface area contributed by atoms with Gasteiger partial charge in [-0.3, -0.25) is 4.79 Å². The second-order valence-electron chi connectivity index (χ2n) is 5.06. The highest BCUT2D eigenvalue weighted by molar-refractivity contribution is 5.87. The Balaban J connectivity index is 1.79. The molecular weight excluding hydrogens is 258 g/mol. The lowest BCUT2D eigenvalue weighted by atomic mass is 10.1. The second kappa shape index (κ2) is 6.52. The van der Waals surface area contributed by atoms with Gasteiger partial charge in [-0.15, -0.1) is 0 Å². The molecule has 1 aliphatic rings. The number of ether oxygens (including phenoxy) is 1. The van der Waals surface area contributed by atoms with E-state index in [0.717, 1.165) is 18.4 Å². The van der Waals surface area contributed by atoms with E-state index in [1.165, 1.54) is 0 Å². The van der Waals surface area contributed by atoms with Gasteiger partial charge in [0, 0.05) is 6.54 Å². The SMILES string of the molecule is C[C@@H]1CC[C@H](C(=O)NCCc2cccc(C(=O)O)c2)O1. The van der Waals surface area contributed by atoms with Crippen LogP contribution in [0.25, 0.3) is 0 Å². The first kappa shape index (κ1) is 14.5. The molecule has 108 valence electrons. The molecule has 1 amide bonds. The van der Waals surface area contributed by atoms with Crippen molar-refractivity contribution in [3.8, 4) is 0 Å². The van der Waals surface area contributed by atoms with Gasteiger partial charge in [-0.2, -0.15) is 0 Å². The highest BCUT2D eigenvalue weighted by Crippen LogP contribution is 2.18. The number of hydrogen-bond donors (Lipinski definition) is 2. The van der Waals surface area contributed by atoms with Crippen LogP contribution in [-0.4, -0.2) is 35.7 Å². The van der Waals surface area contributed by atoms with E-state index < -0.39 is 5.97 Å². The van der Waals surface area contributed by atoms with E-state index in [1.807, 2.05) is 13.0 Å². The Morgan fingerprint density at radius 3 is 2.85 bits per heavy atom. The summed E-state index contributed by atoms with van der Waals surface area (Å²) in [5.74, 6) is -1.02. The molecule has 2 rings (SSSR count). The first-order chi connectivity index (χ1) is 9.56. The Labute approximate surface area is 117 Å². The molecule has 5 heteroatoms. The zero-order valence-corrected chi connectivity index (χ0v) is 11.5. The third-order valence-corrected chi connectivity index (χ3v) is 3.41. The van der Waals surface area contributed by atoms with E-state index >= 15 is 0 Å². The summed E-state index contributed by atoms with van der Waals surface area (Å²) in [4.78, 5) is 22.7. The van der Waals surface area contributed by atoms with Crippen LogP contribution in [0.3, 0.4) is 0 Å². The highest BCUT2D eigenvalue weighted by atomic mass is 16.5. The van der Waals surface area contributed by atoms with Gasteiger partial charge in [0.15, 0.2) is 0 Å². The van der Waals surface area contributed by atoms with Gasteiger partial charge < -0.3 is 15.2 Å². The summed E-state index contributed by atoms with van der Waals surface area (Å²) in [6.07, 6.45) is 2.10. The van der Waals surface area contributed by atoms with Crippen LogP contribution in [0.5, 0.6) is 0 Å². The number of amides is 1. The molecule has 0 spiro atoms. The first-order valence-electron chi connectivity index (χ1n) is 6.81. The topological polar surface area (TPSA) is 75.6 Å². The second-order valence-corrected chi connectivity index (χ2v) is 5.06. The maximum Gasteiger partial charge on any atom is 0.335 e. The summed E-state index contributed by atoms with van der Waals surface area (Å²) in [6.45, 7) is 2.45. The molecule has 0 saturated carbocycles. The Bertz CT molecular complexity index is 500. The molecule has 2 atom stereocenters. The van der Waals surface area contributed by atoms with Crippen LogP contribution in [-0.2, 0) is 16.0 Å². The summed E-state index contributed by atoms with van der Waals surface area (Å²) >= 11 is 0. The fourth-order valence-corrected chi connectivity index (χ4v) is 2.30. The number of nitrogens with one attached hydrogen (secondary N) is 1. The molecule has 0 aromatic heterocycles. The number of benzene rings is 1. The lowest BCUT2D eigenvalue weighted by Gasteiger charge is -2.11. The number of carbonyl (C=O) groups is 2. The van der Waals surface area contributed by atoms with Crippen LogP contribution in [0.4, 0.5) is 0 Å². The number of hydrogen-bond acceptors (Lipinski definition) is 3. The highest BCUT2D eigenvalue weighted by Gasteiger charge is 2.27. The van der Waals surface area contributed by atoms with Gasteiger partial charge >= 0.3 is 5.97 Å². The van der Waals surface area contributed by atoms with E-state index in [2.05, 4.69) is 5.32 Å². The largest absolute Gasteiger partial charge is 0.478 e. The molecule has 0 radical (unpaired) electrons. The van der Waals surface area contributed by atoms with E-state index in [9.17, 15) is 9.59 Å². The van der Waals surface area contributed by atoms with Crippen molar-refractivity contribution in [3.63, 3.8) is 0 Å². The summed E-state index contributed by atoms with van der Waals surface area (Å²) in [7, 11) is 0. The molecule has 5 nitrogen and oxygen atoms in total. The molecule has 0 bridgehead atoms. The molecule has 1 saturated heterocycles. The molecule has 0 unspecified atom stereocenters. The molecule has 1 aromatic carbocycles. The predicted octanol–water partition coefficient (Wildman–Crippen LogP) is 1.61. The van der Waals surface area contributed by atoms with Crippen molar-refractivity contribution in [2.45, 2.75) is 38.4 Å². The van der Waals surface area contributed by atoms with Gasteiger partial charge in [-0.05, 0) is 43.9 Å². The average molecular weight is 277 g/mol. The third kappa shape index (κ3) is 3.81. The van der Waals surface area contributed by atoms with Crippen molar-refractivity contribution >= 4 is 11.9 Å². The number of aromatic carboxylic acids is 1. The molecule has 0 aliphatic carbocycles. The maximum absolute atomic E-state index is 11.8. The van der Waals surface area contributed by atoms with Gasteiger partial charge in [0.2, 0.25) is 5.91 Å². The van der Waals surface area contributed by atoms with Crippen molar-refractivity contribution in [1.82, 2.24) is 5.32 Å². The Morgan fingerprint density at radius 2 is 2.20 bits per heavy atom. The molecular formula is C15H19NO4. The number of rotatable bonds is 5. The van der Waals surface area contributed by atoms with Gasteiger partial charge in [0.1, 0.15) is 6.10 Å². The normalized spacial score (nSPS) is 21.6. The lowest BCUT2D eigenvalue weighted by Crippen LogP contribution is -2.35. The molecule has 1 aromatic rings. The predicted molar refractivity (Wildman–Crippen MR) is 73.7 cm³/mol. The third-order valence-electron chi connectivity index (χ3n) is 3.41. The smallest absolute Gasteiger partial charge is 0.335 e. The van der Waals surface area contributed by atoms with Crippen molar-refractivity contribution < 1.29 is 19.4 Å². The van der Waals surface area contributed by atoms with Gasteiger partial charge in [0.05, 0.1) is 11.7 Å².